The van der Waals surface area contributed by atoms with Crippen LogP contribution in [0.3, 0.4) is 0 Å². The topological polar surface area (TPSA) is 46.9 Å². The van der Waals surface area contributed by atoms with Crippen molar-refractivity contribution >= 4 is 17.5 Å². The van der Waals surface area contributed by atoms with E-state index in [9.17, 15) is 4.79 Å². The van der Waals surface area contributed by atoms with Gasteiger partial charge in [0.05, 0.1) is 17.7 Å². The van der Waals surface area contributed by atoms with Crippen LogP contribution in [0.25, 0.3) is 0 Å². The SMILES string of the molecule is Cn1ncc2c1CCCC2NC(=O)C(C)(C)CCl. The second kappa shape index (κ2) is 4.92. The van der Waals surface area contributed by atoms with E-state index in [2.05, 4.69) is 10.4 Å². The van der Waals surface area contributed by atoms with Crippen molar-refractivity contribution in [1.29, 1.82) is 0 Å². The maximum atomic E-state index is 12.2. The molecule has 0 saturated carbocycles. The monoisotopic (exact) mass is 269 g/mol. The normalized spacial score (nSPS) is 19.4. The summed E-state index contributed by atoms with van der Waals surface area (Å²) in [6.07, 6.45) is 4.96. The predicted octanol–water partition coefficient (Wildman–Crippen LogP) is 2.18. The molecule has 18 heavy (non-hydrogen) atoms. The molecule has 1 aliphatic rings. The number of rotatable bonds is 3. The summed E-state index contributed by atoms with van der Waals surface area (Å²) in [5.74, 6) is 0.338. The molecule has 100 valence electrons. The van der Waals surface area contributed by atoms with Crippen LogP contribution in [0.5, 0.6) is 0 Å². The van der Waals surface area contributed by atoms with E-state index in [1.165, 1.54) is 5.69 Å². The lowest BCUT2D eigenvalue weighted by Crippen LogP contribution is -2.41. The molecular weight excluding hydrogens is 250 g/mol. The van der Waals surface area contributed by atoms with Crippen molar-refractivity contribution < 1.29 is 4.79 Å². The number of nitrogens with one attached hydrogen (secondary N) is 1. The largest absolute Gasteiger partial charge is 0.349 e. The Morgan fingerprint density at radius 1 is 1.67 bits per heavy atom. The smallest absolute Gasteiger partial charge is 0.227 e. The molecule has 0 fully saturated rings. The van der Waals surface area contributed by atoms with Crippen molar-refractivity contribution in [3.8, 4) is 0 Å². The van der Waals surface area contributed by atoms with Gasteiger partial charge in [-0.25, -0.2) is 0 Å². The lowest BCUT2D eigenvalue weighted by molar-refractivity contribution is -0.129. The third kappa shape index (κ3) is 2.39. The Kier molecular flexibility index (Phi) is 3.66. The van der Waals surface area contributed by atoms with Crippen molar-refractivity contribution in [2.45, 2.75) is 39.2 Å². The maximum Gasteiger partial charge on any atom is 0.227 e. The number of amides is 1. The van der Waals surface area contributed by atoms with Gasteiger partial charge in [-0.1, -0.05) is 0 Å². The Labute approximate surface area is 113 Å². The number of carbonyl (C=O) groups excluding carboxylic acids is 1. The summed E-state index contributed by atoms with van der Waals surface area (Å²) in [6.45, 7) is 3.73. The molecule has 0 aliphatic heterocycles. The summed E-state index contributed by atoms with van der Waals surface area (Å²) in [5, 5.41) is 7.38. The number of alkyl halides is 1. The van der Waals surface area contributed by atoms with Crippen LogP contribution in [0.15, 0.2) is 6.20 Å². The van der Waals surface area contributed by atoms with Gasteiger partial charge in [-0.3, -0.25) is 9.48 Å². The minimum Gasteiger partial charge on any atom is -0.349 e. The van der Waals surface area contributed by atoms with Crippen LogP contribution in [-0.4, -0.2) is 21.6 Å². The number of nitrogens with zero attached hydrogens (tertiary/aromatic N) is 2. The zero-order chi connectivity index (χ0) is 13.3. The minimum absolute atomic E-state index is 0.0132. The average molecular weight is 270 g/mol. The number of hydrogen-bond acceptors (Lipinski definition) is 2. The summed E-state index contributed by atoms with van der Waals surface area (Å²) < 4.78 is 1.90. The van der Waals surface area contributed by atoms with Gasteiger partial charge >= 0.3 is 0 Å². The molecule has 0 aromatic carbocycles. The van der Waals surface area contributed by atoms with E-state index in [0.29, 0.717) is 5.88 Å². The van der Waals surface area contributed by atoms with Gasteiger partial charge in [0.15, 0.2) is 0 Å². The van der Waals surface area contributed by atoms with Crippen LogP contribution in [0.1, 0.15) is 44.0 Å². The van der Waals surface area contributed by atoms with Crippen molar-refractivity contribution in [3.63, 3.8) is 0 Å². The molecule has 1 unspecified atom stereocenters. The summed E-state index contributed by atoms with van der Waals surface area (Å²) in [5.41, 5.74) is 1.86. The molecule has 2 rings (SSSR count). The Morgan fingerprint density at radius 3 is 3.06 bits per heavy atom. The van der Waals surface area contributed by atoms with E-state index in [-0.39, 0.29) is 11.9 Å². The highest BCUT2D eigenvalue weighted by Crippen LogP contribution is 2.30. The first-order valence-electron chi connectivity index (χ1n) is 6.33. The fourth-order valence-electron chi connectivity index (χ4n) is 2.27. The Morgan fingerprint density at radius 2 is 2.39 bits per heavy atom. The van der Waals surface area contributed by atoms with Gasteiger partial charge in [-0.2, -0.15) is 5.10 Å². The fourth-order valence-corrected chi connectivity index (χ4v) is 2.39. The van der Waals surface area contributed by atoms with Gasteiger partial charge in [0.1, 0.15) is 0 Å². The van der Waals surface area contributed by atoms with Gasteiger partial charge in [-0.15, -0.1) is 11.6 Å². The predicted molar refractivity (Wildman–Crippen MR) is 71.5 cm³/mol. The van der Waals surface area contributed by atoms with Gasteiger partial charge in [0.25, 0.3) is 0 Å². The third-order valence-electron chi connectivity index (χ3n) is 3.63. The molecule has 5 heteroatoms. The standard InChI is InChI=1S/C13H20ClN3O/c1-13(2,8-14)12(18)16-10-5-4-6-11-9(10)7-15-17(11)3/h7,10H,4-6,8H2,1-3H3,(H,16,18). The molecule has 0 radical (unpaired) electrons. The Hall–Kier alpha value is -1.03. The van der Waals surface area contributed by atoms with E-state index < -0.39 is 5.41 Å². The van der Waals surface area contributed by atoms with E-state index in [1.807, 2.05) is 31.8 Å². The number of aromatic nitrogens is 2. The minimum atomic E-state index is -0.526. The van der Waals surface area contributed by atoms with Crippen LogP contribution in [0, 0.1) is 5.41 Å². The van der Waals surface area contributed by atoms with Crippen molar-refractivity contribution in [3.05, 3.63) is 17.5 Å². The van der Waals surface area contributed by atoms with E-state index >= 15 is 0 Å². The summed E-state index contributed by atoms with van der Waals surface area (Å²) in [4.78, 5) is 12.2. The number of fused-ring (bicyclic) bond motifs is 1. The number of hydrogen-bond donors (Lipinski definition) is 1. The van der Waals surface area contributed by atoms with Crippen LogP contribution >= 0.6 is 11.6 Å². The van der Waals surface area contributed by atoms with Gasteiger partial charge in [0.2, 0.25) is 5.91 Å². The summed E-state index contributed by atoms with van der Waals surface area (Å²) in [6, 6.07) is 0.0810. The summed E-state index contributed by atoms with van der Waals surface area (Å²) in [7, 11) is 1.95. The zero-order valence-electron chi connectivity index (χ0n) is 11.2. The Balaban J connectivity index is 2.15. The molecule has 4 nitrogen and oxygen atoms in total. The molecule has 0 bridgehead atoms. The van der Waals surface area contributed by atoms with Crippen molar-refractivity contribution in [2.75, 3.05) is 5.88 Å². The second-order valence-corrected chi connectivity index (χ2v) is 5.87. The molecule has 1 heterocycles. The van der Waals surface area contributed by atoms with Crippen LogP contribution in [0.2, 0.25) is 0 Å². The molecule has 1 atom stereocenters. The molecule has 0 spiro atoms. The molecule has 1 amide bonds. The van der Waals surface area contributed by atoms with Crippen molar-refractivity contribution in [1.82, 2.24) is 15.1 Å². The molecule has 0 saturated heterocycles. The zero-order valence-corrected chi connectivity index (χ0v) is 11.9. The highest BCUT2D eigenvalue weighted by atomic mass is 35.5. The molecular formula is C13H20ClN3O. The third-order valence-corrected chi connectivity index (χ3v) is 4.30. The average Bonchev–Trinajstić information content (AvgIpc) is 2.72. The first kappa shape index (κ1) is 13.4. The van der Waals surface area contributed by atoms with Gasteiger partial charge < -0.3 is 5.32 Å². The van der Waals surface area contributed by atoms with Gasteiger partial charge in [-0.05, 0) is 33.1 Å². The summed E-state index contributed by atoms with van der Waals surface area (Å²) >= 11 is 5.83. The quantitative estimate of drug-likeness (QED) is 0.855. The fraction of sp³-hybridized carbons (Fsp3) is 0.692. The second-order valence-electron chi connectivity index (χ2n) is 5.61. The first-order chi connectivity index (χ1) is 8.45. The molecule has 1 N–H and O–H groups in total. The maximum absolute atomic E-state index is 12.2. The van der Waals surface area contributed by atoms with Crippen molar-refractivity contribution in [2.24, 2.45) is 12.5 Å². The van der Waals surface area contributed by atoms with Crippen LogP contribution < -0.4 is 5.32 Å². The van der Waals surface area contributed by atoms with E-state index in [0.717, 1.165) is 24.8 Å². The highest BCUT2D eigenvalue weighted by molar-refractivity contribution is 6.19. The molecule has 1 aliphatic carbocycles. The highest BCUT2D eigenvalue weighted by Gasteiger charge is 2.31. The lowest BCUT2D eigenvalue weighted by Gasteiger charge is -2.28. The number of aryl methyl sites for hydroxylation is 1. The Bertz CT molecular complexity index is 453. The lowest BCUT2D eigenvalue weighted by atomic mass is 9.90. The van der Waals surface area contributed by atoms with Crippen LogP contribution in [-0.2, 0) is 18.3 Å². The number of carbonyl (C=O) groups is 1. The first-order valence-corrected chi connectivity index (χ1v) is 6.87. The van der Waals surface area contributed by atoms with Crippen LogP contribution in [0.4, 0.5) is 0 Å². The van der Waals surface area contributed by atoms with E-state index in [4.69, 9.17) is 11.6 Å². The van der Waals surface area contributed by atoms with E-state index in [1.54, 1.807) is 0 Å². The molecule has 1 aromatic rings. The molecule has 1 aromatic heterocycles. The van der Waals surface area contributed by atoms with Gasteiger partial charge in [0, 0.05) is 24.2 Å². The number of halogens is 1.